The van der Waals surface area contributed by atoms with Gasteiger partial charge in [-0.05, 0) is 54.7 Å². The van der Waals surface area contributed by atoms with Crippen molar-refractivity contribution in [3.05, 3.63) is 33.8 Å². The van der Waals surface area contributed by atoms with E-state index < -0.39 is 0 Å². The summed E-state index contributed by atoms with van der Waals surface area (Å²) in [7, 11) is 0. The largest absolute Gasteiger partial charge is 0.383 e. The van der Waals surface area contributed by atoms with E-state index in [0.29, 0.717) is 17.3 Å². The van der Waals surface area contributed by atoms with E-state index in [0.717, 1.165) is 24.1 Å². The number of thiophene rings is 1. The molecule has 1 atom stereocenters. The van der Waals surface area contributed by atoms with Crippen LogP contribution in [0.4, 0.5) is 5.82 Å². The van der Waals surface area contributed by atoms with Gasteiger partial charge in [0.25, 0.3) is 0 Å². The minimum Gasteiger partial charge on any atom is -0.383 e. The number of aryl methyl sites for hydroxylation is 2. The molecule has 2 N–H and O–H groups in total. The maximum absolute atomic E-state index is 9.59. The number of aromatic nitrogens is 1. The third kappa shape index (κ3) is 2.50. The number of anilines is 1. The van der Waals surface area contributed by atoms with E-state index in [1.807, 2.05) is 0 Å². The quantitative estimate of drug-likeness (QED) is 0.909. The number of nitrogens with zero attached hydrogens (tertiary/aromatic N) is 2. The van der Waals surface area contributed by atoms with Gasteiger partial charge < -0.3 is 5.73 Å². The third-order valence-electron chi connectivity index (χ3n) is 4.59. The topological polar surface area (TPSA) is 62.7 Å². The van der Waals surface area contributed by atoms with Crippen molar-refractivity contribution in [1.82, 2.24) is 4.98 Å². The van der Waals surface area contributed by atoms with Crippen molar-refractivity contribution in [3.63, 3.8) is 0 Å². The number of rotatable bonds is 3. The van der Waals surface area contributed by atoms with E-state index in [-0.39, 0.29) is 0 Å². The normalized spacial score (nSPS) is 17.0. The maximum Gasteiger partial charge on any atom is 0.142 e. The standard InChI is InChI=1S/C18H21N3S/c1-3-4-12-5-6-15-13(9-12)16(14(10-19)18(20)21-15)17-11(2)7-8-22-17/h7-8,12H,3-6,9H2,1-2H3,(H2,20,21). The maximum atomic E-state index is 9.59. The Balaban J connectivity index is 2.21. The van der Waals surface area contributed by atoms with Crippen LogP contribution in [0.3, 0.4) is 0 Å². The van der Waals surface area contributed by atoms with Crippen LogP contribution in [-0.4, -0.2) is 4.98 Å². The Labute approximate surface area is 135 Å². The van der Waals surface area contributed by atoms with E-state index in [1.165, 1.54) is 35.3 Å². The third-order valence-corrected chi connectivity index (χ3v) is 5.63. The fraction of sp³-hybridized carbons (Fsp3) is 0.444. The Kier molecular flexibility index (Phi) is 4.17. The molecule has 22 heavy (non-hydrogen) atoms. The van der Waals surface area contributed by atoms with Gasteiger partial charge in [-0.25, -0.2) is 4.98 Å². The number of hydrogen-bond donors (Lipinski definition) is 1. The number of pyridine rings is 1. The van der Waals surface area contributed by atoms with E-state index in [9.17, 15) is 5.26 Å². The fourth-order valence-corrected chi connectivity index (χ4v) is 4.50. The lowest BCUT2D eigenvalue weighted by Crippen LogP contribution is -2.18. The van der Waals surface area contributed by atoms with Crippen LogP contribution in [0.5, 0.6) is 0 Å². The van der Waals surface area contributed by atoms with Gasteiger partial charge in [-0.15, -0.1) is 11.3 Å². The summed E-state index contributed by atoms with van der Waals surface area (Å²) < 4.78 is 0. The number of hydrogen-bond acceptors (Lipinski definition) is 4. The average Bonchev–Trinajstić information content (AvgIpc) is 2.92. The Morgan fingerprint density at radius 3 is 2.95 bits per heavy atom. The van der Waals surface area contributed by atoms with Crippen molar-refractivity contribution in [2.75, 3.05) is 5.73 Å². The van der Waals surface area contributed by atoms with Crippen LogP contribution >= 0.6 is 11.3 Å². The molecule has 0 radical (unpaired) electrons. The summed E-state index contributed by atoms with van der Waals surface area (Å²) in [5, 5.41) is 11.7. The second kappa shape index (κ2) is 6.10. The van der Waals surface area contributed by atoms with Gasteiger partial charge in [0.1, 0.15) is 17.5 Å². The number of nitrogen functional groups attached to an aromatic ring is 1. The molecule has 114 valence electrons. The lowest BCUT2D eigenvalue weighted by molar-refractivity contribution is 0.419. The highest BCUT2D eigenvalue weighted by Gasteiger charge is 2.27. The van der Waals surface area contributed by atoms with Gasteiger partial charge in [-0.3, -0.25) is 0 Å². The molecule has 0 saturated carbocycles. The summed E-state index contributed by atoms with van der Waals surface area (Å²) in [5.74, 6) is 1.09. The zero-order valence-corrected chi connectivity index (χ0v) is 14.0. The van der Waals surface area contributed by atoms with Crippen LogP contribution in [-0.2, 0) is 12.8 Å². The highest BCUT2D eigenvalue weighted by molar-refractivity contribution is 7.13. The van der Waals surface area contributed by atoms with Crippen LogP contribution in [0.15, 0.2) is 11.4 Å². The second-order valence-electron chi connectivity index (χ2n) is 6.11. The van der Waals surface area contributed by atoms with Crippen molar-refractivity contribution in [3.8, 4) is 16.5 Å². The summed E-state index contributed by atoms with van der Waals surface area (Å²) in [5.41, 5.74) is 11.3. The monoisotopic (exact) mass is 311 g/mol. The zero-order chi connectivity index (χ0) is 15.7. The summed E-state index contributed by atoms with van der Waals surface area (Å²) in [4.78, 5) is 5.72. The highest BCUT2D eigenvalue weighted by atomic mass is 32.1. The van der Waals surface area contributed by atoms with Gasteiger partial charge in [0.2, 0.25) is 0 Å². The first-order chi connectivity index (χ1) is 10.7. The van der Waals surface area contributed by atoms with Crippen LogP contribution in [0.25, 0.3) is 10.4 Å². The molecule has 2 aromatic heterocycles. The van der Waals surface area contributed by atoms with Crippen molar-refractivity contribution >= 4 is 17.2 Å². The van der Waals surface area contributed by atoms with Gasteiger partial charge in [-0.1, -0.05) is 19.8 Å². The lowest BCUT2D eigenvalue weighted by Gasteiger charge is -2.26. The Bertz CT molecular complexity index is 740. The first kappa shape index (κ1) is 15.1. The van der Waals surface area contributed by atoms with E-state index in [2.05, 4.69) is 36.3 Å². The molecule has 0 spiro atoms. The SMILES string of the molecule is CCCC1CCc2nc(N)c(C#N)c(-c3sccc3C)c2C1. The van der Waals surface area contributed by atoms with E-state index in [4.69, 9.17) is 5.73 Å². The van der Waals surface area contributed by atoms with Crippen LogP contribution < -0.4 is 5.73 Å². The Morgan fingerprint density at radius 1 is 1.50 bits per heavy atom. The first-order valence-corrected chi connectivity index (χ1v) is 8.79. The molecular formula is C18H21N3S. The Morgan fingerprint density at radius 2 is 2.32 bits per heavy atom. The molecule has 2 aromatic rings. The minimum absolute atomic E-state index is 0.387. The highest BCUT2D eigenvalue weighted by Crippen LogP contribution is 2.41. The zero-order valence-electron chi connectivity index (χ0n) is 13.1. The van der Waals surface area contributed by atoms with Gasteiger partial charge in [0.15, 0.2) is 0 Å². The van der Waals surface area contributed by atoms with E-state index >= 15 is 0 Å². The van der Waals surface area contributed by atoms with Gasteiger partial charge in [0.05, 0.1) is 0 Å². The molecule has 3 rings (SSSR count). The first-order valence-electron chi connectivity index (χ1n) is 7.91. The molecule has 3 nitrogen and oxygen atoms in total. The molecule has 1 unspecified atom stereocenters. The second-order valence-corrected chi connectivity index (χ2v) is 7.03. The average molecular weight is 311 g/mol. The molecule has 0 fully saturated rings. The summed E-state index contributed by atoms with van der Waals surface area (Å²) in [6.07, 6.45) is 5.64. The summed E-state index contributed by atoms with van der Waals surface area (Å²) >= 11 is 1.69. The van der Waals surface area contributed by atoms with Gasteiger partial charge >= 0.3 is 0 Å². The molecule has 0 aromatic carbocycles. The van der Waals surface area contributed by atoms with Crippen molar-refractivity contribution in [2.24, 2.45) is 5.92 Å². The van der Waals surface area contributed by atoms with Crippen LogP contribution in [0.2, 0.25) is 0 Å². The number of nitriles is 1. The number of fused-ring (bicyclic) bond motifs is 1. The van der Waals surface area contributed by atoms with E-state index in [1.54, 1.807) is 11.3 Å². The molecule has 4 heteroatoms. The minimum atomic E-state index is 0.387. The lowest BCUT2D eigenvalue weighted by atomic mass is 9.80. The molecular weight excluding hydrogens is 290 g/mol. The molecule has 0 saturated heterocycles. The summed E-state index contributed by atoms with van der Waals surface area (Å²) in [6.45, 7) is 4.34. The molecule has 1 aliphatic rings. The predicted octanol–water partition coefficient (Wildman–Crippen LogP) is 4.48. The fourth-order valence-electron chi connectivity index (χ4n) is 3.50. The van der Waals surface area contributed by atoms with Gasteiger partial charge in [-0.2, -0.15) is 5.26 Å². The van der Waals surface area contributed by atoms with Crippen molar-refractivity contribution in [2.45, 2.75) is 46.0 Å². The van der Waals surface area contributed by atoms with Crippen LogP contribution in [0, 0.1) is 24.2 Å². The Hall–Kier alpha value is -1.86. The molecule has 1 aliphatic carbocycles. The summed E-state index contributed by atoms with van der Waals surface area (Å²) in [6, 6.07) is 4.40. The molecule has 2 heterocycles. The van der Waals surface area contributed by atoms with Gasteiger partial charge in [0, 0.05) is 16.1 Å². The van der Waals surface area contributed by atoms with Crippen molar-refractivity contribution < 1.29 is 0 Å². The number of nitrogens with two attached hydrogens (primary N) is 1. The van der Waals surface area contributed by atoms with Crippen molar-refractivity contribution in [1.29, 1.82) is 5.26 Å². The van der Waals surface area contributed by atoms with Crippen LogP contribution in [0.1, 0.15) is 48.6 Å². The molecule has 0 amide bonds. The molecule has 0 bridgehead atoms. The smallest absolute Gasteiger partial charge is 0.142 e. The molecule has 0 aliphatic heterocycles. The predicted molar refractivity (Wildman–Crippen MR) is 91.8 cm³/mol.